The number of carbonyl (C=O) groups is 2. The van der Waals surface area contributed by atoms with Crippen molar-refractivity contribution in [3.05, 3.63) is 0 Å². The maximum absolute atomic E-state index is 13.8. The van der Waals surface area contributed by atoms with Gasteiger partial charge in [0.2, 0.25) is 11.8 Å². The molecule has 2 bridgehead atoms. The minimum atomic E-state index is -4.33. The summed E-state index contributed by atoms with van der Waals surface area (Å²) in [6.45, 7) is -0.254. The third-order valence-electron chi connectivity index (χ3n) is 8.37. The molecule has 35 heavy (non-hydrogen) atoms. The first-order chi connectivity index (χ1) is 16.4. The molecule has 1 aliphatic heterocycles. The van der Waals surface area contributed by atoms with E-state index >= 15 is 0 Å². The van der Waals surface area contributed by atoms with Crippen molar-refractivity contribution in [2.75, 3.05) is 13.2 Å². The number of fused-ring (bicyclic) bond motifs is 3. The standard InChI is InChI=1S/C23H34ClF4N3O4/c24-15-3-2-14(9-16(15)25)35-12-19(33)30-21-5-7-22(8-6-21,18(32)10-21)31-20(34)13-1-4-17(29-11-13)23(26,27)28/h13-18,29,32H,1-12H2,(H,30,33)(H,31,34). The van der Waals surface area contributed by atoms with E-state index in [0.717, 1.165) is 0 Å². The lowest BCUT2D eigenvalue weighted by Gasteiger charge is -2.56. The van der Waals surface area contributed by atoms with E-state index in [-0.39, 0.29) is 56.8 Å². The highest BCUT2D eigenvalue weighted by Crippen LogP contribution is 2.47. The van der Waals surface area contributed by atoms with Crippen LogP contribution in [0.25, 0.3) is 0 Å². The van der Waals surface area contributed by atoms with Gasteiger partial charge in [-0.15, -0.1) is 11.6 Å². The molecule has 6 atom stereocenters. The molecule has 7 nitrogen and oxygen atoms in total. The second-order valence-electron chi connectivity index (χ2n) is 10.7. The fraction of sp³-hybridized carbons (Fsp3) is 0.913. The first-order valence-corrected chi connectivity index (χ1v) is 12.9. The van der Waals surface area contributed by atoms with E-state index in [1.165, 1.54) is 0 Å². The van der Waals surface area contributed by atoms with Crippen LogP contribution in [0, 0.1) is 5.92 Å². The summed E-state index contributed by atoms with van der Waals surface area (Å²) < 4.78 is 58.0. The number of ether oxygens (including phenoxy) is 1. The number of aliphatic hydroxyl groups is 1. The SMILES string of the molecule is O=C(COC1CCC(Cl)C(F)C1)NC12CCC(NC(=O)C3CCC(C(F)(F)F)NC3)(CC1)C(O)C2. The Morgan fingerprint density at radius 3 is 2.37 bits per heavy atom. The van der Waals surface area contributed by atoms with Gasteiger partial charge < -0.3 is 25.8 Å². The highest BCUT2D eigenvalue weighted by molar-refractivity contribution is 6.21. The van der Waals surface area contributed by atoms with Crippen molar-refractivity contribution in [1.82, 2.24) is 16.0 Å². The van der Waals surface area contributed by atoms with E-state index in [4.69, 9.17) is 16.3 Å². The van der Waals surface area contributed by atoms with Crippen LogP contribution in [0.3, 0.4) is 0 Å². The number of aliphatic hydroxyl groups excluding tert-OH is 1. The summed E-state index contributed by atoms with van der Waals surface area (Å²) in [6, 6.07) is -1.60. The number of carbonyl (C=O) groups excluding carboxylic acids is 2. The van der Waals surface area contributed by atoms with Crippen LogP contribution in [0.1, 0.15) is 64.2 Å². The van der Waals surface area contributed by atoms with Crippen LogP contribution >= 0.6 is 11.6 Å². The van der Waals surface area contributed by atoms with E-state index in [1.54, 1.807) is 0 Å². The molecule has 0 aromatic rings. The van der Waals surface area contributed by atoms with Gasteiger partial charge in [0.15, 0.2) is 0 Å². The molecular formula is C23H34ClF4N3O4. The number of halogens is 5. The van der Waals surface area contributed by atoms with E-state index in [9.17, 15) is 32.3 Å². The molecule has 2 amide bonds. The Morgan fingerprint density at radius 2 is 1.80 bits per heavy atom. The predicted octanol–water partition coefficient (Wildman–Crippen LogP) is 2.48. The maximum Gasteiger partial charge on any atom is 0.403 e. The fourth-order valence-electron chi connectivity index (χ4n) is 6.09. The molecule has 12 heteroatoms. The molecule has 6 unspecified atom stereocenters. The Hall–Kier alpha value is -1.17. The second-order valence-corrected chi connectivity index (χ2v) is 11.3. The van der Waals surface area contributed by atoms with Crippen LogP contribution in [0.4, 0.5) is 17.6 Å². The number of rotatable bonds is 6. The summed E-state index contributed by atoms with van der Waals surface area (Å²) in [5.74, 6) is -1.26. The molecule has 4 saturated carbocycles. The zero-order valence-corrected chi connectivity index (χ0v) is 20.3. The molecule has 0 aromatic carbocycles. The van der Waals surface area contributed by atoms with Gasteiger partial charge in [-0.25, -0.2) is 4.39 Å². The Labute approximate surface area is 207 Å². The number of piperidine rings is 1. The highest BCUT2D eigenvalue weighted by atomic mass is 35.5. The summed E-state index contributed by atoms with van der Waals surface area (Å²) in [7, 11) is 0. The molecular weight excluding hydrogens is 494 g/mol. The Morgan fingerprint density at radius 1 is 1.09 bits per heavy atom. The van der Waals surface area contributed by atoms with E-state index in [2.05, 4.69) is 16.0 Å². The van der Waals surface area contributed by atoms with Crippen molar-refractivity contribution in [1.29, 1.82) is 0 Å². The van der Waals surface area contributed by atoms with Gasteiger partial charge in [-0.05, 0) is 57.8 Å². The smallest absolute Gasteiger partial charge is 0.391 e. The van der Waals surface area contributed by atoms with E-state index < -0.39 is 46.9 Å². The average molecular weight is 528 g/mol. The molecule has 5 aliphatic rings. The zero-order valence-electron chi connectivity index (χ0n) is 19.5. The number of alkyl halides is 5. The van der Waals surface area contributed by atoms with Crippen LogP contribution < -0.4 is 16.0 Å². The van der Waals surface area contributed by atoms with Crippen LogP contribution in [-0.2, 0) is 14.3 Å². The Kier molecular flexibility index (Phi) is 7.91. The summed E-state index contributed by atoms with van der Waals surface area (Å²) in [5.41, 5.74) is -1.44. The summed E-state index contributed by atoms with van der Waals surface area (Å²) in [4.78, 5) is 25.4. The third kappa shape index (κ3) is 6.05. The normalized spacial score (nSPS) is 41.9. The Balaban J connectivity index is 1.24. The third-order valence-corrected chi connectivity index (χ3v) is 8.87. The summed E-state index contributed by atoms with van der Waals surface area (Å²) >= 11 is 5.88. The topological polar surface area (TPSA) is 99.7 Å². The van der Waals surface area contributed by atoms with Crippen molar-refractivity contribution < 1.29 is 37.0 Å². The van der Waals surface area contributed by atoms with Crippen LogP contribution in [0.15, 0.2) is 0 Å². The first-order valence-electron chi connectivity index (χ1n) is 12.4. The molecule has 0 radical (unpaired) electrons. The lowest BCUT2D eigenvalue weighted by Crippen LogP contribution is -2.71. The van der Waals surface area contributed by atoms with E-state index in [0.29, 0.717) is 38.5 Å². The van der Waals surface area contributed by atoms with Gasteiger partial charge in [0, 0.05) is 18.5 Å². The van der Waals surface area contributed by atoms with Crippen molar-refractivity contribution in [3.63, 3.8) is 0 Å². The average Bonchev–Trinajstić information content (AvgIpc) is 2.80. The van der Waals surface area contributed by atoms with Gasteiger partial charge in [-0.2, -0.15) is 13.2 Å². The largest absolute Gasteiger partial charge is 0.403 e. The molecule has 5 rings (SSSR count). The summed E-state index contributed by atoms with van der Waals surface area (Å²) in [5, 5.41) is 18.7. The van der Waals surface area contributed by atoms with Crippen molar-refractivity contribution in [2.45, 2.75) is 111 Å². The van der Waals surface area contributed by atoms with Crippen molar-refractivity contribution in [2.24, 2.45) is 5.92 Å². The van der Waals surface area contributed by atoms with Gasteiger partial charge in [-0.3, -0.25) is 9.59 Å². The van der Waals surface area contributed by atoms with Crippen molar-refractivity contribution >= 4 is 23.4 Å². The zero-order chi connectivity index (χ0) is 25.4. The van der Waals surface area contributed by atoms with Crippen LogP contribution in [0.5, 0.6) is 0 Å². The molecule has 5 fully saturated rings. The molecule has 200 valence electrons. The van der Waals surface area contributed by atoms with Gasteiger partial charge in [0.1, 0.15) is 18.8 Å². The highest BCUT2D eigenvalue weighted by Gasteiger charge is 2.56. The number of amides is 2. The molecule has 1 saturated heterocycles. The van der Waals surface area contributed by atoms with E-state index in [1.807, 2.05) is 0 Å². The van der Waals surface area contributed by atoms with Crippen LogP contribution in [0.2, 0.25) is 0 Å². The number of hydrogen-bond acceptors (Lipinski definition) is 5. The molecule has 4 aliphatic carbocycles. The quantitative estimate of drug-likeness (QED) is 0.314. The minimum absolute atomic E-state index is 0.0577. The lowest BCUT2D eigenvalue weighted by molar-refractivity contribution is -0.164. The lowest BCUT2D eigenvalue weighted by atomic mass is 9.59. The fourth-order valence-corrected chi connectivity index (χ4v) is 6.32. The Bertz CT molecular complexity index is 785. The molecule has 0 spiro atoms. The van der Waals surface area contributed by atoms with Gasteiger partial charge >= 0.3 is 6.18 Å². The molecule has 1 heterocycles. The summed E-state index contributed by atoms with van der Waals surface area (Å²) in [6.07, 6.45) is -3.20. The number of nitrogens with one attached hydrogen (secondary N) is 3. The predicted molar refractivity (Wildman–Crippen MR) is 120 cm³/mol. The monoisotopic (exact) mass is 527 g/mol. The minimum Gasteiger partial charge on any atom is -0.391 e. The van der Waals surface area contributed by atoms with Gasteiger partial charge in [0.25, 0.3) is 0 Å². The number of hydrogen-bond donors (Lipinski definition) is 4. The molecule has 4 N–H and O–H groups in total. The van der Waals surface area contributed by atoms with Gasteiger partial charge in [-0.1, -0.05) is 0 Å². The van der Waals surface area contributed by atoms with Crippen molar-refractivity contribution in [3.8, 4) is 0 Å². The first kappa shape index (κ1) is 26.9. The second kappa shape index (κ2) is 10.3. The maximum atomic E-state index is 13.8. The van der Waals surface area contributed by atoms with Crippen LogP contribution in [-0.4, -0.2) is 77.1 Å². The molecule has 0 aromatic heterocycles. The van der Waals surface area contributed by atoms with Gasteiger partial charge in [0.05, 0.1) is 29.0 Å².